The summed E-state index contributed by atoms with van der Waals surface area (Å²) in [5.41, 5.74) is 0. The highest BCUT2D eigenvalue weighted by molar-refractivity contribution is 5.74. The van der Waals surface area contributed by atoms with Gasteiger partial charge in [0, 0.05) is 12.7 Å². The Hall–Kier alpha value is -1.89. The highest BCUT2D eigenvalue weighted by Crippen LogP contribution is 2.17. The van der Waals surface area contributed by atoms with Crippen molar-refractivity contribution in [2.75, 3.05) is 19.8 Å². The first-order chi connectivity index (χ1) is 10.6. The highest BCUT2D eigenvalue weighted by Gasteiger charge is 2.23. The lowest BCUT2D eigenvalue weighted by molar-refractivity contribution is 0.0860. The SMILES string of the molecule is C[C@@H](NC(=O)NCCOc1ccc(F)cc1F)[C@H]1CCCO1. The Morgan fingerprint density at radius 3 is 3.00 bits per heavy atom. The number of carbonyl (C=O) groups excluding carboxylic acids is 1. The quantitative estimate of drug-likeness (QED) is 0.792. The van der Waals surface area contributed by atoms with Crippen LogP contribution in [0.2, 0.25) is 0 Å². The molecule has 5 nitrogen and oxygen atoms in total. The molecule has 0 aromatic heterocycles. The van der Waals surface area contributed by atoms with Crippen LogP contribution in [-0.2, 0) is 4.74 Å². The van der Waals surface area contributed by atoms with Crippen molar-refractivity contribution < 1.29 is 23.0 Å². The van der Waals surface area contributed by atoms with E-state index in [0.717, 1.165) is 31.6 Å². The minimum Gasteiger partial charge on any atom is -0.489 e. The van der Waals surface area contributed by atoms with E-state index >= 15 is 0 Å². The molecule has 1 aliphatic rings. The number of halogens is 2. The molecule has 0 aliphatic carbocycles. The Morgan fingerprint density at radius 1 is 1.50 bits per heavy atom. The number of hydrogen-bond acceptors (Lipinski definition) is 3. The van der Waals surface area contributed by atoms with Gasteiger partial charge in [0.05, 0.1) is 18.7 Å². The second-order valence-corrected chi connectivity index (χ2v) is 5.16. The average Bonchev–Trinajstić information content (AvgIpc) is 2.99. The highest BCUT2D eigenvalue weighted by atomic mass is 19.1. The number of ether oxygens (including phenoxy) is 2. The molecular formula is C15H20F2N2O3. The van der Waals surface area contributed by atoms with Crippen molar-refractivity contribution in [3.63, 3.8) is 0 Å². The number of rotatable bonds is 6. The third-order valence-corrected chi connectivity index (χ3v) is 3.42. The number of nitrogens with one attached hydrogen (secondary N) is 2. The Labute approximate surface area is 128 Å². The smallest absolute Gasteiger partial charge is 0.315 e. The zero-order valence-electron chi connectivity index (χ0n) is 12.4. The normalized spacial score (nSPS) is 18.8. The van der Waals surface area contributed by atoms with Gasteiger partial charge in [-0.05, 0) is 31.9 Å². The van der Waals surface area contributed by atoms with E-state index in [0.29, 0.717) is 0 Å². The van der Waals surface area contributed by atoms with Gasteiger partial charge in [-0.3, -0.25) is 0 Å². The van der Waals surface area contributed by atoms with E-state index in [1.54, 1.807) is 0 Å². The van der Waals surface area contributed by atoms with Crippen LogP contribution in [0.15, 0.2) is 18.2 Å². The third-order valence-electron chi connectivity index (χ3n) is 3.42. The van der Waals surface area contributed by atoms with E-state index in [9.17, 15) is 13.6 Å². The van der Waals surface area contributed by atoms with Crippen LogP contribution in [0.5, 0.6) is 5.75 Å². The maximum Gasteiger partial charge on any atom is 0.315 e. The van der Waals surface area contributed by atoms with Gasteiger partial charge >= 0.3 is 6.03 Å². The van der Waals surface area contributed by atoms with Gasteiger partial charge < -0.3 is 20.1 Å². The largest absolute Gasteiger partial charge is 0.489 e. The molecule has 0 bridgehead atoms. The van der Waals surface area contributed by atoms with Gasteiger partial charge in [0.15, 0.2) is 11.6 Å². The van der Waals surface area contributed by atoms with Crippen LogP contribution in [0.4, 0.5) is 13.6 Å². The topological polar surface area (TPSA) is 59.6 Å². The molecule has 2 amide bonds. The minimum atomic E-state index is -0.767. The van der Waals surface area contributed by atoms with Gasteiger partial charge in [-0.1, -0.05) is 0 Å². The molecule has 2 N–H and O–H groups in total. The first kappa shape index (κ1) is 16.5. The lowest BCUT2D eigenvalue weighted by atomic mass is 10.1. The van der Waals surface area contributed by atoms with E-state index in [2.05, 4.69) is 10.6 Å². The molecule has 1 fully saturated rings. The second-order valence-electron chi connectivity index (χ2n) is 5.16. The van der Waals surface area contributed by atoms with E-state index < -0.39 is 11.6 Å². The Kier molecular flexibility index (Phi) is 5.94. The molecule has 0 unspecified atom stereocenters. The van der Waals surface area contributed by atoms with Crippen LogP contribution < -0.4 is 15.4 Å². The van der Waals surface area contributed by atoms with Crippen molar-refractivity contribution in [2.24, 2.45) is 0 Å². The number of amides is 2. The fraction of sp³-hybridized carbons (Fsp3) is 0.533. The van der Waals surface area contributed by atoms with Crippen LogP contribution in [0.3, 0.4) is 0 Å². The molecular weight excluding hydrogens is 294 g/mol. The van der Waals surface area contributed by atoms with Gasteiger partial charge in [-0.2, -0.15) is 0 Å². The van der Waals surface area contributed by atoms with Crippen molar-refractivity contribution in [1.29, 1.82) is 0 Å². The van der Waals surface area contributed by atoms with Gasteiger partial charge in [-0.25, -0.2) is 13.6 Å². The Morgan fingerprint density at radius 2 is 2.32 bits per heavy atom. The lowest BCUT2D eigenvalue weighted by Gasteiger charge is -2.20. The molecule has 2 rings (SSSR count). The fourth-order valence-corrected chi connectivity index (χ4v) is 2.27. The fourth-order valence-electron chi connectivity index (χ4n) is 2.27. The van der Waals surface area contributed by atoms with E-state index in [1.165, 1.54) is 6.07 Å². The number of carbonyl (C=O) groups is 1. The van der Waals surface area contributed by atoms with Gasteiger partial charge in [-0.15, -0.1) is 0 Å². The van der Waals surface area contributed by atoms with Gasteiger partial charge in [0.25, 0.3) is 0 Å². The first-order valence-corrected chi connectivity index (χ1v) is 7.30. The monoisotopic (exact) mass is 314 g/mol. The second kappa shape index (κ2) is 7.93. The summed E-state index contributed by atoms with van der Waals surface area (Å²) in [5, 5.41) is 5.40. The maximum absolute atomic E-state index is 13.3. The van der Waals surface area contributed by atoms with Gasteiger partial charge in [0.2, 0.25) is 0 Å². The summed E-state index contributed by atoms with van der Waals surface area (Å²) in [5.74, 6) is -1.47. The Bertz CT molecular complexity index is 508. The molecule has 1 heterocycles. The molecule has 2 atom stereocenters. The maximum atomic E-state index is 13.3. The summed E-state index contributed by atoms with van der Waals surface area (Å²) < 4.78 is 36.6. The van der Waals surface area contributed by atoms with E-state index in [-0.39, 0.29) is 37.1 Å². The van der Waals surface area contributed by atoms with Crippen LogP contribution in [0.25, 0.3) is 0 Å². The molecule has 1 saturated heterocycles. The summed E-state index contributed by atoms with van der Waals surface area (Å²) in [6.45, 7) is 2.92. The average molecular weight is 314 g/mol. The van der Waals surface area contributed by atoms with Crippen molar-refractivity contribution in [2.45, 2.75) is 31.9 Å². The minimum absolute atomic E-state index is 0.0451. The Balaban J connectivity index is 1.64. The molecule has 0 saturated carbocycles. The summed E-state index contributed by atoms with van der Waals surface area (Å²) >= 11 is 0. The van der Waals surface area contributed by atoms with Crippen LogP contribution in [0, 0.1) is 11.6 Å². The van der Waals surface area contributed by atoms with Crippen molar-refractivity contribution in [3.05, 3.63) is 29.8 Å². The number of benzene rings is 1. The molecule has 0 spiro atoms. The number of urea groups is 1. The summed E-state index contributed by atoms with van der Waals surface area (Å²) in [6.07, 6.45) is 2.00. The lowest BCUT2D eigenvalue weighted by Crippen LogP contribution is -2.46. The predicted octanol–water partition coefficient (Wildman–Crippen LogP) is 2.21. The third kappa shape index (κ3) is 4.84. The van der Waals surface area contributed by atoms with Crippen LogP contribution in [0.1, 0.15) is 19.8 Å². The first-order valence-electron chi connectivity index (χ1n) is 7.30. The van der Waals surface area contributed by atoms with Crippen molar-refractivity contribution >= 4 is 6.03 Å². The summed E-state index contributed by atoms with van der Waals surface area (Å²) in [4.78, 5) is 11.7. The zero-order valence-corrected chi connectivity index (χ0v) is 12.4. The molecule has 1 aromatic carbocycles. The van der Waals surface area contributed by atoms with E-state index in [1.807, 2.05) is 6.92 Å². The van der Waals surface area contributed by atoms with E-state index in [4.69, 9.17) is 9.47 Å². The molecule has 0 radical (unpaired) electrons. The van der Waals surface area contributed by atoms with Crippen molar-refractivity contribution in [1.82, 2.24) is 10.6 Å². The molecule has 122 valence electrons. The summed E-state index contributed by atoms with van der Waals surface area (Å²) in [6, 6.07) is 2.68. The standard InChI is InChI=1S/C15H20F2N2O3/c1-10(13-3-2-7-21-13)19-15(20)18-6-8-22-14-5-4-11(16)9-12(14)17/h4-5,9-10,13H,2-3,6-8H2,1H3,(H2,18,19,20)/t10-,13-/m1/s1. The zero-order chi connectivity index (χ0) is 15.9. The van der Waals surface area contributed by atoms with Crippen LogP contribution >= 0.6 is 0 Å². The number of hydrogen-bond donors (Lipinski definition) is 2. The van der Waals surface area contributed by atoms with Gasteiger partial charge in [0.1, 0.15) is 12.4 Å². The molecule has 22 heavy (non-hydrogen) atoms. The molecule has 7 heteroatoms. The molecule has 1 aromatic rings. The summed E-state index contributed by atoms with van der Waals surface area (Å²) in [7, 11) is 0. The van der Waals surface area contributed by atoms with Crippen LogP contribution in [-0.4, -0.2) is 37.9 Å². The molecule has 1 aliphatic heterocycles. The predicted molar refractivity (Wildman–Crippen MR) is 76.8 cm³/mol. The van der Waals surface area contributed by atoms with Crippen molar-refractivity contribution in [3.8, 4) is 5.75 Å².